The lowest BCUT2D eigenvalue weighted by Crippen LogP contribution is -2.40. The minimum atomic E-state index is -0.00626. The number of rotatable bonds is 6. The van der Waals surface area contributed by atoms with E-state index in [1.807, 2.05) is 0 Å². The Labute approximate surface area is 124 Å². The molecule has 0 spiro atoms. The highest BCUT2D eigenvalue weighted by atomic mass is 16.5. The smallest absolute Gasteiger partial charge is 0.106 e. The van der Waals surface area contributed by atoms with Gasteiger partial charge >= 0.3 is 0 Å². The predicted octanol–water partition coefficient (Wildman–Crippen LogP) is 4.62. The Morgan fingerprint density at radius 3 is 2.25 bits per heavy atom. The zero-order valence-electron chi connectivity index (χ0n) is 13.1. The molecule has 0 aromatic carbocycles. The van der Waals surface area contributed by atoms with Crippen LogP contribution in [0.15, 0.2) is 0 Å². The summed E-state index contributed by atoms with van der Waals surface area (Å²) in [6.07, 6.45) is 18.1. The molecule has 0 radical (unpaired) electrons. The fraction of sp³-hybridized carbons (Fsp3) is 1.00. The van der Waals surface area contributed by atoms with Crippen molar-refractivity contribution in [1.82, 2.24) is 0 Å². The molecule has 20 heavy (non-hydrogen) atoms. The van der Waals surface area contributed by atoms with E-state index in [0.717, 1.165) is 24.9 Å². The molecule has 0 heterocycles. The standard InChI is InChI=1S/C18H33NO/c19-17(20-13-9-15-4-2-1-3-5-15)14-18-10-6-16(7-11-18)8-12-18/h15-17H,1-14,19H2. The second kappa shape index (κ2) is 6.79. The Morgan fingerprint density at radius 2 is 1.60 bits per heavy atom. The molecule has 116 valence electrons. The van der Waals surface area contributed by atoms with Gasteiger partial charge in [0.2, 0.25) is 0 Å². The maximum absolute atomic E-state index is 6.28. The molecule has 0 saturated heterocycles. The third-order valence-corrected chi connectivity index (χ3v) is 6.47. The Morgan fingerprint density at radius 1 is 0.950 bits per heavy atom. The van der Waals surface area contributed by atoms with Crippen LogP contribution in [0.1, 0.15) is 83.5 Å². The second-order valence-electron chi connectivity index (χ2n) is 7.89. The molecule has 2 nitrogen and oxygen atoms in total. The maximum Gasteiger partial charge on any atom is 0.106 e. The topological polar surface area (TPSA) is 35.2 Å². The Hall–Kier alpha value is -0.0800. The van der Waals surface area contributed by atoms with Crippen molar-refractivity contribution in [3.05, 3.63) is 0 Å². The highest BCUT2D eigenvalue weighted by Crippen LogP contribution is 2.52. The Kier molecular flexibility index (Phi) is 5.04. The summed E-state index contributed by atoms with van der Waals surface area (Å²) in [7, 11) is 0. The molecule has 4 saturated carbocycles. The SMILES string of the molecule is NC(CC12CCC(CC1)CC2)OCCC1CCCCC1. The lowest BCUT2D eigenvalue weighted by molar-refractivity contribution is -0.0262. The third-order valence-electron chi connectivity index (χ3n) is 6.47. The largest absolute Gasteiger partial charge is 0.364 e. The summed E-state index contributed by atoms with van der Waals surface area (Å²) >= 11 is 0. The predicted molar refractivity (Wildman–Crippen MR) is 83.4 cm³/mol. The van der Waals surface area contributed by atoms with Crippen LogP contribution in [0.5, 0.6) is 0 Å². The summed E-state index contributed by atoms with van der Waals surface area (Å²) in [5, 5.41) is 0. The van der Waals surface area contributed by atoms with Crippen LogP contribution < -0.4 is 5.73 Å². The molecule has 4 aliphatic carbocycles. The summed E-state index contributed by atoms with van der Waals surface area (Å²) in [6.45, 7) is 0.893. The number of hydrogen-bond donors (Lipinski definition) is 1. The first-order valence-corrected chi connectivity index (χ1v) is 9.13. The average molecular weight is 279 g/mol. The molecule has 2 N–H and O–H groups in total. The normalized spacial score (nSPS) is 36.1. The minimum Gasteiger partial charge on any atom is -0.364 e. The van der Waals surface area contributed by atoms with E-state index in [1.165, 1.54) is 77.0 Å². The van der Waals surface area contributed by atoms with Gasteiger partial charge in [0.25, 0.3) is 0 Å². The number of nitrogens with two attached hydrogens (primary N) is 1. The molecule has 0 aromatic heterocycles. The van der Waals surface area contributed by atoms with Gasteiger partial charge in [0.1, 0.15) is 6.23 Å². The van der Waals surface area contributed by atoms with Crippen molar-refractivity contribution in [3.8, 4) is 0 Å². The van der Waals surface area contributed by atoms with Crippen LogP contribution in [-0.4, -0.2) is 12.8 Å². The molecule has 4 aliphatic rings. The van der Waals surface area contributed by atoms with Crippen molar-refractivity contribution in [2.24, 2.45) is 23.0 Å². The van der Waals surface area contributed by atoms with E-state index in [0.29, 0.717) is 5.41 Å². The summed E-state index contributed by atoms with van der Waals surface area (Å²) in [5.74, 6) is 1.96. The molecule has 4 rings (SSSR count). The van der Waals surface area contributed by atoms with Gasteiger partial charge in [-0.3, -0.25) is 0 Å². The van der Waals surface area contributed by atoms with E-state index in [1.54, 1.807) is 0 Å². The van der Waals surface area contributed by atoms with Gasteiger partial charge in [0.15, 0.2) is 0 Å². The molecule has 0 amide bonds. The van der Waals surface area contributed by atoms with Crippen LogP contribution in [0, 0.1) is 17.3 Å². The van der Waals surface area contributed by atoms with Crippen LogP contribution in [0.4, 0.5) is 0 Å². The highest BCUT2D eigenvalue weighted by Gasteiger charge is 2.41. The van der Waals surface area contributed by atoms with Crippen molar-refractivity contribution < 1.29 is 4.74 Å². The van der Waals surface area contributed by atoms with Crippen LogP contribution >= 0.6 is 0 Å². The molecular weight excluding hydrogens is 246 g/mol. The van der Waals surface area contributed by atoms with Crippen molar-refractivity contribution in [2.45, 2.75) is 89.7 Å². The van der Waals surface area contributed by atoms with Crippen LogP contribution in [-0.2, 0) is 4.74 Å². The third kappa shape index (κ3) is 3.76. The fourth-order valence-corrected chi connectivity index (χ4v) is 4.99. The number of fused-ring (bicyclic) bond motifs is 3. The van der Waals surface area contributed by atoms with E-state index in [-0.39, 0.29) is 6.23 Å². The first-order valence-electron chi connectivity index (χ1n) is 9.13. The fourth-order valence-electron chi connectivity index (χ4n) is 4.99. The summed E-state index contributed by atoms with van der Waals surface area (Å²) in [4.78, 5) is 0. The lowest BCUT2D eigenvalue weighted by Gasteiger charge is -2.47. The quantitative estimate of drug-likeness (QED) is 0.720. The Balaban J connectivity index is 1.35. The number of hydrogen-bond acceptors (Lipinski definition) is 2. The van der Waals surface area contributed by atoms with Crippen LogP contribution in [0.2, 0.25) is 0 Å². The maximum atomic E-state index is 6.28. The van der Waals surface area contributed by atoms with Crippen LogP contribution in [0.25, 0.3) is 0 Å². The van der Waals surface area contributed by atoms with Crippen molar-refractivity contribution in [1.29, 1.82) is 0 Å². The Bertz CT molecular complexity index is 276. The molecule has 4 fully saturated rings. The molecule has 0 aliphatic heterocycles. The van der Waals surface area contributed by atoms with Gasteiger partial charge in [-0.05, 0) is 68.6 Å². The first kappa shape index (κ1) is 14.8. The molecule has 1 atom stereocenters. The van der Waals surface area contributed by atoms with Crippen molar-refractivity contribution in [3.63, 3.8) is 0 Å². The van der Waals surface area contributed by atoms with Gasteiger partial charge in [0, 0.05) is 6.61 Å². The molecule has 0 aromatic rings. The van der Waals surface area contributed by atoms with E-state index >= 15 is 0 Å². The second-order valence-corrected chi connectivity index (χ2v) is 7.89. The van der Waals surface area contributed by atoms with Gasteiger partial charge in [-0.1, -0.05) is 32.1 Å². The molecule has 2 heteroatoms. The van der Waals surface area contributed by atoms with Crippen molar-refractivity contribution >= 4 is 0 Å². The highest BCUT2D eigenvalue weighted by molar-refractivity contribution is 4.92. The molecule has 1 unspecified atom stereocenters. The van der Waals surface area contributed by atoms with Crippen LogP contribution in [0.3, 0.4) is 0 Å². The molecule has 2 bridgehead atoms. The van der Waals surface area contributed by atoms with Crippen molar-refractivity contribution in [2.75, 3.05) is 6.61 Å². The zero-order valence-corrected chi connectivity index (χ0v) is 13.1. The monoisotopic (exact) mass is 279 g/mol. The average Bonchev–Trinajstić information content (AvgIpc) is 2.50. The van der Waals surface area contributed by atoms with E-state index < -0.39 is 0 Å². The molecular formula is C18H33NO. The van der Waals surface area contributed by atoms with Gasteiger partial charge in [-0.25, -0.2) is 0 Å². The summed E-state index contributed by atoms with van der Waals surface area (Å²) in [6, 6.07) is 0. The number of ether oxygens (including phenoxy) is 1. The first-order chi connectivity index (χ1) is 9.76. The van der Waals surface area contributed by atoms with E-state index in [9.17, 15) is 0 Å². The van der Waals surface area contributed by atoms with Gasteiger partial charge < -0.3 is 10.5 Å². The van der Waals surface area contributed by atoms with Gasteiger partial charge in [-0.15, -0.1) is 0 Å². The minimum absolute atomic E-state index is 0.00626. The van der Waals surface area contributed by atoms with Gasteiger partial charge in [0.05, 0.1) is 0 Å². The summed E-state index contributed by atoms with van der Waals surface area (Å²) in [5.41, 5.74) is 6.83. The summed E-state index contributed by atoms with van der Waals surface area (Å²) < 4.78 is 5.97. The zero-order chi connectivity index (χ0) is 13.8. The van der Waals surface area contributed by atoms with E-state index in [2.05, 4.69) is 0 Å². The van der Waals surface area contributed by atoms with Gasteiger partial charge in [-0.2, -0.15) is 0 Å². The lowest BCUT2D eigenvalue weighted by atomic mass is 9.59. The van der Waals surface area contributed by atoms with E-state index in [4.69, 9.17) is 10.5 Å².